The number of hydrogen-bond donors (Lipinski definition) is 3. The molecule has 0 spiro atoms. The van der Waals surface area contributed by atoms with Crippen LogP contribution in [0.25, 0.3) is 10.1 Å². The summed E-state index contributed by atoms with van der Waals surface area (Å²) in [4.78, 5) is 63.5. The lowest BCUT2D eigenvalue weighted by Crippen LogP contribution is -2.56. The number of nitriles is 1. The van der Waals surface area contributed by atoms with Gasteiger partial charge in [0.05, 0.1) is 16.9 Å². The normalized spacial score (nSPS) is 26.2. The van der Waals surface area contributed by atoms with E-state index in [0.29, 0.717) is 42.4 Å². The van der Waals surface area contributed by atoms with E-state index < -0.39 is 31.5 Å². The maximum atomic E-state index is 14.3. The number of halogens is 1. The number of amides is 3. The van der Waals surface area contributed by atoms with Crippen molar-refractivity contribution in [2.24, 2.45) is 5.92 Å². The van der Waals surface area contributed by atoms with Crippen LogP contribution in [0.15, 0.2) is 54.6 Å². The van der Waals surface area contributed by atoms with Gasteiger partial charge in [0.15, 0.2) is 0 Å². The predicted molar refractivity (Wildman–Crippen MR) is 166 cm³/mol. The second kappa shape index (κ2) is 12.6. The Morgan fingerprint density at radius 2 is 1.80 bits per heavy atom. The first-order valence-electron chi connectivity index (χ1n) is 15.1. The lowest BCUT2D eigenvalue weighted by atomic mass is 9.90. The third-order valence-electron chi connectivity index (χ3n) is 9.29. The molecule has 236 valence electrons. The number of carbonyl (C=O) groups is 3. The van der Waals surface area contributed by atoms with Gasteiger partial charge in [-0.15, -0.1) is 11.3 Å². The Bertz CT molecular complexity index is 1710. The minimum atomic E-state index is -4.98. The lowest BCUT2D eigenvalue weighted by Gasteiger charge is -2.36. The van der Waals surface area contributed by atoms with E-state index in [1.54, 1.807) is 9.80 Å². The van der Waals surface area contributed by atoms with Gasteiger partial charge in [-0.25, -0.2) is 4.39 Å². The summed E-state index contributed by atoms with van der Waals surface area (Å²) in [5.41, 5.74) is 0.832. The maximum Gasteiger partial charge on any atom is 0.363 e. The van der Waals surface area contributed by atoms with Crippen molar-refractivity contribution in [2.45, 2.75) is 68.5 Å². The number of carbonyl (C=O) groups excluding carboxylic acids is 3. The largest absolute Gasteiger partial charge is 0.363 e. The smallest absolute Gasteiger partial charge is 0.340 e. The molecule has 4 heterocycles. The van der Waals surface area contributed by atoms with Crippen molar-refractivity contribution in [1.29, 1.82) is 5.26 Å². The minimum absolute atomic E-state index is 0.0996. The molecular formula is C32H34FN4O6PS. The molecule has 3 aliphatic rings. The highest BCUT2D eigenvalue weighted by molar-refractivity contribution is 7.51. The van der Waals surface area contributed by atoms with E-state index in [0.717, 1.165) is 36.2 Å². The SMILES string of the molecule is N#C[C@H]1CN(C(=O)[C@@H]2CC[C@@H]3CCCCC(NC(=O)c4cc5cc(C(F)P(=O)(O)O)ccc5s4)C(=O)N32)C[C@@H]1c1ccccc1. The number of hydrogen-bond acceptors (Lipinski definition) is 6. The second-order valence-electron chi connectivity index (χ2n) is 12.1. The zero-order valence-corrected chi connectivity index (χ0v) is 26.1. The molecule has 3 amide bonds. The first-order valence-corrected chi connectivity index (χ1v) is 17.6. The Balaban J connectivity index is 1.18. The molecule has 10 nitrogen and oxygen atoms in total. The van der Waals surface area contributed by atoms with E-state index in [1.165, 1.54) is 24.3 Å². The topological polar surface area (TPSA) is 151 Å². The van der Waals surface area contributed by atoms with E-state index >= 15 is 0 Å². The Morgan fingerprint density at radius 3 is 2.53 bits per heavy atom. The third-order valence-corrected chi connectivity index (χ3v) is 11.3. The van der Waals surface area contributed by atoms with Crippen LogP contribution in [-0.2, 0) is 14.2 Å². The zero-order valence-electron chi connectivity index (χ0n) is 24.4. The Morgan fingerprint density at radius 1 is 1.04 bits per heavy atom. The lowest BCUT2D eigenvalue weighted by molar-refractivity contribution is -0.146. The first-order chi connectivity index (χ1) is 21.5. The number of nitrogens with zero attached hydrogens (tertiary/aromatic N) is 3. The monoisotopic (exact) mass is 652 g/mol. The van der Waals surface area contributed by atoms with Gasteiger partial charge in [-0.05, 0) is 60.4 Å². The van der Waals surface area contributed by atoms with Crippen molar-refractivity contribution in [3.8, 4) is 6.07 Å². The standard InChI is InChI=1S/C32H34FN4O6PS/c33-29(44(41,42)43)20-10-13-27-21(14-20)15-28(45-27)30(38)35-25-9-5-4-8-23-11-12-26(37(23)31(25)39)32(40)36-17-22(16-34)24(18-36)19-6-2-1-3-7-19/h1-3,6-7,10,13-15,22-26,29H,4-5,8-9,11-12,17-18H2,(H,35,38)(H2,41,42,43)/t22-,23-,24+,25?,26-,29?/m0/s1. The van der Waals surface area contributed by atoms with Gasteiger partial charge in [-0.2, -0.15) is 5.26 Å². The molecule has 2 aromatic carbocycles. The predicted octanol–water partition coefficient (Wildman–Crippen LogP) is 4.84. The number of rotatable bonds is 6. The number of thiophene rings is 1. The van der Waals surface area contributed by atoms with Crippen molar-refractivity contribution in [2.75, 3.05) is 13.1 Å². The molecule has 0 saturated carbocycles. The van der Waals surface area contributed by atoms with Gasteiger partial charge in [0.25, 0.3) is 5.91 Å². The van der Waals surface area contributed by atoms with Crippen molar-refractivity contribution in [3.05, 3.63) is 70.6 Å². The Kier molecular flexibility index (Phi) is 8.81. The van der Waals surface area contributed by atoms with Crippen LogP contribution in [0.1, 0.15) is 71.2 Å². The van der Waals surface area contributed by atoms with Crippen molar-refractivity contribution < 1.29 is 33.1 Å². The fourth-order valence-corrected chi connectivity index (χ4v) is 8.51. The van der Waals surface area contributed by atoms with Crippen LogP contribution < -0.4 is 5.32 Å². The van der Waals surface area contributed by atoms with Crippen LogP contribution in [-0.4, -0.2) is 68.5 Å². The number of nitrogens with one attached hydrogen (secondary N) is 1. The summed E-state index contributed by atoms with van der Waals surface area (Å²) in [6.45, 7) is 0.721. The van der Waals surface area contributed by atoms with Crippen molar-refractivity contribution >= 4 is 46.7 Å². The molecular weight excluding hydrogens is 618 g/mol. The average molecular weight is 653 g/mol. The van der Waals surface area contributed by atoms with Gasteiger partial charge in [0.2, 0.25) is 17.7 Å². The third kappa shape index (κ3) is 6.27. The zero-order chi connectivity index (χ0) is 31.9. The van der Waals surface area contributed by atoms with Gasteiger partial charge in [-0.3, -0.25) is 18.9 Å². The molecule has 13 heteroatoms. The van der Waals surface area contributed by atoms with E-state index in [4.69, 9.17) is 0 Å². The second-order valence-corrected chi connectivity index (χ2v) is 14.8. The molecule has 6 atom stereocenters. The van der Waals surface area contributed by atoms with Gasteiger partial charge in [0.1, 0.15) is 12.1 Å². The molecule has 1 aromatic heterocycles. The van der Waals surface area contributed by atoms with Crippen molar-refractivity contribution in [3.63, 3.8) is 0 Å². The molecule has 3 saturated heterocycles. The van der Waals surface area contributed by atoms with Gasteiger partial charge >= 0.3 is 7.60 Å². The first kappa shape index (κ1) is 31.4. The highest BCUT2D eigenvalue weighted by Gasteiger charge is 2.47. The van der Waals surface area contributed by atoms with Crippen LogP contribution in [0, 0.1) is 17.2 Å². The Labute approximate surface area is 264 Å². The summed E-state index contributed by atoms with van der Waals surface area (Å²) in [7, 11) is -4.98. The summed E-state index contributed by atoms with van der Waals surface area (Å²) in [6.07, 6.45) is 4.03. The number of benzene rings is 2. The summed E-state index contributed by atoms with van der Waals surface area (Å²) >= 11 is 1.13. The van der Waals surface area contributed by atoms with Crippen LogP contribution >= 0.6 is 18.9 Å². The number of likely N-dealkylation sites (tertiary alicyclic amines) is 1. The number of fused-ring (bicyclic) bond motifs is 2. The quantitative estimate of drug-likeness (QED) is 0.322. The summed E-state index contributed by atoms with van der Waals surface area (Å²) in [5.74, 6) is -3.83. The van der Waals surface area contributed by atoms with Crippen molar-refractivity contribution in [1.82, 2.24) is 15.1 Å². The van der Waals surface area contributed by atoms with Gasteiger partial charge in [-0.1, -0.05) is 49.2 Å². The summed E-state index contributed by atoms with van der Waals surface area (Å²) < 4.78 is 26.3. The molecule has 3 aliphatic heterocycles. The fourth-order valence-electron chi connectivity index (χ4n) is 7.02. The molecule has 3 N–H and O–H groups in total. The Hall–Kier alpha value is -3.62. The van der Waals surface area contributed by atoms with E-state index in [9.17, 15) is 38.4 Å². The molecule has 0 radical (unpaired) electrons. The summed E-state index contributed by atoms with van der Waals surface area (Å²) in [5, 5.41) is 13.2. The van der Waals surface area contributed by atoms with Crippen LogP contribution in [0.4, 0.5) is 4.39 Å². The molecule has 6 rings (SSSR count). The highest BCUT2D eigenvalue weighted by Crippen LogP contribution is 2.53. The minimum Gasteiger partial charge on any atom is -0.340 e. The average Bonchev–Trinajstić information content (AvgIpc) is 3.77. The fraction of sp³-hybridized carbons (Fsp3) is 0.438. The van der Waals surface area contributed by atoms with Crippen LogP contribution in [0.5, 0.6) is 0 Å². The molecule has 3 aromatic rings. The molecule has 3 fully saturated rings. The molecule has 0 bridgehead atoms. The number of alkyl halides is 1. The summed E-state index contributed by atoms with van der Waals surface area (Å²) in [6, 6.07) is 16.1. The maximum absolute atomic E-state index is 14.3. The molecule has 45 heavy (non-hydrogen) atoms. The molecule has 0 aliphatic carbocycles. The van der Waals surface area contributed by atoms with E-state index in [-0.39, 0.29) is 40.1 Å². The molecule has 2 unspecified atom stereocenters. The van der Waals surface area contributed by atoms with E-state index in [2.05, 4.69) is 11.4 Å². The van der Waals surface area contributed by atoms with E-state index in [1.807, 2.05) is 30.3 Å². The van der Waals surface area contributed by atoms with Crippen LogP contribution in [0.2, 0.25) is 0 Å². The van der Waals surface area contributed by atoms with Crippen LogP contribution in [0.3, 0.4) is 0 Å². The van der Waals surface area contributed by atoms with Gasteiger partial charge in [0, 0.05) is 29.7 Å². The van der Waals surface area contributed by atoms with Gasteiger partial charge < -0.3 is 24.9 Å². The highest BCUT2D eigenvalue weighted by atomic mass is 32.1.